The third-order valence-corrected chi connectivity index (χ3v) is 1.87. The standard InChI is InChI=1S/C9H18N4O/c1-4-14-7-9(2,10)5-8-6-13(3)12-11-8/h6H,4-5,7,10H2,1-3H3. The Balaban J connectivity index is 2.49. The molecule has 1 heterocycles. The van der Waals surface area contributed by atoms with E-state index in [-0.39, 0.29) is 5.54 Å². The third-order valence-electron chi connectivity index (χ3n) is 1.87. The lowest BCUT2D eigenvalue weighted by Gasteiger charge is -2.22. The Morgan fingerprint density at radius 2 is 2.36 bits per heavy atom. The van der Waals surface area contributed by atoms with Crippen LogP contribution in [0.1, 0.15) is 19.5 Å². The molecule has 0 aromatic carbocycles. The average molecular weight is 198 g/mol. The van der Waals surface area contributed by atoms with Gasteiger partial charge in [0.25, 0.3) is 0 Å². The molecule has 0 bridgehead atoms. The molecule has 14 heavy (non-hydrogen) atoms. The lowest BCUT2D eigenvalue weighted by Crippen LogP contribution is -2.43. The van der Waals surface area contributed by atoms with Crippen LogP contribution in [0, 0.1) is 0 Å². The second-order valence-electron chi connectivity index (χ2n) is 3.85. The largest absolute Gasteiger partial charge is 0.380 e. The molecular weight excluding hydrogens is 180 g/mol. The summed E-state index contributed by atoms with van der Waals surface area (Å²) >= 11 is 0. The minimum Gasteiger partial charge on any atom is -0.380 e. The minimum atomic E-state index is -0.369. The fourth-order valence-electron chi connectivity index (χ4n) is 1.28. The van der Waals surface area contributed by atoms with Crippen molar-refractivity contribution in [3.05, 3.63) is 11.9 Å². The molecule has 80 valence electrons. The molecule has 1 rings (SSSR count). The molecule has 1 aromatic heterocycles. The number of hydrogen-bond donors (Lipinski definition) is 1. The molecule has 1 atom stereocenters. The van der Waals surface area contributed by atoms with Gasteiger partial charge < -0.3 is 10.5 Å². The minimum absolute atomic E-state index is 0.369. The maximum atomic E-state index is 6.04. The Labute approximate surface area is 84.2 Å². The van der Waals surface area contributed by atoms with Crippen molar-refractivity contribution in [3.63, 3.8) is 0 Å². The van der Waals surface area contributed by atoms with Crippen molar-refractivity contribution in [2.24, 2.45) is 12.8 Å². The lowest BCUT2D eigenvalue weighted by molar-refractivity contribution is 0.101. The van der Waals surface area contributed by atoms with Crippen molar-refractivity contribution in [3.8, 4) is 0 Å². The third kappa shape index (κ3) is 3.43. The van der Waals surface area contributed by atoms with Crippen molar-refractivity contribution in [1.82, 2.24) is 15.0 Å². The number of aryl methyl sites for hydroxylation is 1. The maximum absolute atomic E-state index is 6.04. The van der Waals surface area contributed by atoms with Gasteiger partial charge in [0.05, 0.1) is 12.3 Å². The Bertz CT molecular complexity index is 282. The van der Waals surface area contributed by atoms with Gasteiger partial charge in [-0.15, -0.1) is 5.10 Å². The molecule has 0 aliphatic carbocycles. The molecule has 0 aliphatic rings. The molecule has 1 unspecified atom stereocenters. The van der Waals surface area contributed by atoms with Gasteiger partial charge in [0.15, 0.2) is 0 Å². The van der Waals surface area contributed by atoms with Crippen LogP contribution in [-0.2, 0) is 18.2 Å². The molecule has 5 nitrogen and oxygen atoms in total. The van der Waals surface area contributed by atoms with Crippen molar-refractivity contribution in [2.75, 3.05) is 13.2 Å². The Morgan fingerprint density at radius 1 is 1.64 bits per heavy atom. The summed E-state index contributed by atoms with van der Waals surface area (Å²) in [5, 5.41) is 7.84. The Hall–Kier alpha value is -0.940. The number of ether oxygens (including phenoxy) is 1. The van der Waals surface area contributed by atoms with Crippen molar-refractivity contribution < 1.29 is 4.74 Å². The number of hydrogen-bond acceptors (Lipinski definition) is 4. The molecule has 0 saturated heterocycles. The molecule has 2 N–H and O–H groups in total. The smallest absolute Gasteiger partial charge is 0.0846 e. The van der Waals surface area contributed by atoms with E-state index in [2.05, 4.69) is 10.3 Å². The summed E-state index contributed by atoms with van der Waals surface area (Å²) in [4.78, 5) is 0. The molecule has 0 spiro atoms. The van der Waals surface area contributed by atoms with Crippen LogP contribution in [0.15, 0.2) is 6.20 Å². The van der Waals surface area contributed by atoms with Gasteiger partial charge in [0, 0.05) is 31.8 Å². The molecule has 0 fully saturated rings. The van der Waals surface area contributed by atoms with E-state index in [0.717, 1.165) is 5.69 Å². The monoisotopic (exact) mass is 198 g/mol. The zero-order valence-corrected chi connectivity index (χ0v) is 9.03. The van der Waals surface area contributed by atoms with E-state index < -0.39 is 0 Å². The first kappa shape index (κ1) is 11.1. The van der Waals surface area contributed by atoms with Gasteiger partial charge in [-0.1, -0.05) is 5.21 Å². The van der Waals surface area contributed by atoms with Crippen LogP contribution in [0.25, 0.3) is 0 Å². The van der Waals surface area contributed by atoms with Crippen LogP contribution >= 0.6 is 0 Å². The number of rotatable bonds is 5. The molecule has 0 amide bonds. The van der Waals surface area contributed by atoms with Gasteiger partial charge in [-0.2, -0.15) is 0 Å². The second kappa shape index (κ2) is 4.52. The van der Waals surface area contributed by atoms with E-state index in [0.29, 0.717) is 19.6 Å². The summed E-state index contributed by atoms with van der Waals surface area (Å²) in [5.41, 5.74) is 6.57. The normalized spacial score (nSPS) is 15.4. The summed E-state index contributed by atoms with van der Waals surface area (Å²) in [6.45, 7) is 5.14. The van der Waals surface area contributed by atoms with Gasteiger partial charge in [0.2, 0.25) is 0 Å². The summed E-state index contributed by atoms with van der Waals surface area (Å²) in [7, 11) is 1.84. The van der Waals surface area contributed by atoms with Crippen molar-refractivity contribution in [1.29, 1.82) is 0 Å². The van der Waals surface area contributed by atoms with Gasteiger partial charge in [-0.05, 0) is 13.8 Å². The number of nitrogens with two attached hydrogens (primary N) is 1. The molecule has 1 aromatic rings. The Kier molecular flexibility index (Phi) is 3.60. The topological polar surface area (TPSA) is 66.0 Å². The van der Waals surface area contributed by atoms with E-state index in [1.165, 1.54) is 0 Å². The molecule has 5 heteroatoms. The van der Waals surface area contributed by atoms with Gasteiger partial charge >= 0.3 is 0 Å². The van der Waals surface area contributed by atoms with Crippen LogP contribution in [0.4, 0.5) is 0 Å². The molecule has 0 aliphatic heterocycles. The summed E-state index contributed by atoms with van der Waals surface area (Å²) in [6, 6.07) is 0. The lowest BCUT2D eigenvalue weighted by atomic mass is 9.99. The highest BCUT2D eigenvalue weighted by atomic mass is 16.5. The van der Waals surface area contributed by atoms with Gasteiger partial charge in [0.1, 0.15) is 0 Å². The molecular formula is C9H18N4O. The summed E-state index contributed by atoms with van der Waals surface area (Å²) < 4.78 is 6.97. The van der Waals surface area contributed by atoms with Crippen molar-refractivity contribution in [2.45, 2.75) is 25.8 Å². The van der Waals surface area contributed by atoms with E-state index in [1.807, 2.05) is 27.1 Å². The highest BCUT2D eigenvalue weighted by molar-refractivity contribution is 5.00. The number of nitrogens with zero attached hydrogens (tertiary/aromatic N) is 3. The highest BCUT2D eigenvalue weighted by Crippen LogP contribution is 2.08. The highest BCUT2D eigenvalue weighted by Gasteiger charge is 2.20. The predicted molar refractivity (Wildman–Crippen MR) is 53.8 cm³/mol. The van der Waals surface area contributed by atoms with E-state index >= 15 is 0 Å². The first-order valence-electron chi connectivity index (χ1n) is 4.75. The first-order valence-corrected chi connectivity index (χ1v) is 4.75. The van der Waals surface area contributed by atoms with E-state index in [4.69, 9.17) is 10.5 Å². The molecule has 0 saturated carbocycles. The quantitative estimate of drug-likeness (QED) is 0.729. The molecule has 0 radical (unpaired) electrons. The summed E-state index contributed by atoms with van der Waals surface area (Å²) in [6.07, 6.45) is 2.55. The van der Waals surface area contributed by atoms with Crippen molar-refractivity contribution >= 4 is 0 Å². The SMILES string of the molecule is CCOCC(C)(N)Cc1cn(C)nn1. The second-order valence-corrected chi connectivity index (χ2v) is 3.85. The van der Waals surface area contributed by atoms with Crippen LogP contribution in [0.2, 0.25) is 0 Å². The van der Waals surface area contributed by atoms with Crippen LogP contribution in [0.5, 0.6) is 0 Å². The van der Waals surface area contributed by atoms with Crippen LogP contribution < -0.4 is 5.73 Å². The van der Waals surface area contributed by atoms with Gasteiger partial charge in [-0.3, -0.25) is 4.68 Å². The zero-order valence-electron chi connectivity index (χ0n) is 9.03. The van der Waals surface area contributed by atoms with Crippen LogP contribution in [0.3, 0.4) is 0 Å². The fourth-order valence-corrected chi connectivity index (χ4v) is 1.28. The number of aromatic nitrogens is 3. The predicted octanol–water partition coefficient (Wildman–Crippen LogP) is 0.111. The average Bonchev–Trinajstić information content (AvgIpc) is 2.47. The van der Waals surface area contributed by atoms with Crippen LogP contribution in [-0.4, -0.2) is 33.7 Å². The first-order chi connectivity index (χ1) is 6.53. The fraction of sp³-hybridized carbons (Fsp3) is 0.778. The summed E-state index contributed by atoms with van der Waals surface area (Å²) in [5.74, 6) is 0. The zero-order chi connectivity index (χ0) is 10.6. The van der Waals surface area contributed by atoms with E-state index in [9.17, 15) is 0 Å². The maximum Gasteiger partial charge on any atom is 0.0846 e. The Morgan fingerprint density at radius 3 is 2.86 bits per heavy atom. The van der Waals surface area contributed by atoms with Gasteiger partial charge in [-0.25, -0.2) is 0 Å². The van der Waals surface area contributed by atoms with E-state index in [1.54, 1.807) is 4.68 Å².